The SMILES string of the molecule is CCCc1nc(NCC)c(C)c(-c2ccccc2Br)n1. The summed E-state index contributed by atoms with van der Waals surface area (Å²) >= 11 is 3.61. The normalized spacial score (nSPS) is 10.6. The van der Waals surface area contributed by atoms with Crippen LogP contribution in [0.1, 0.15) is 31.7 Å². The van der Waals surface area contributed by atoms with Crippen LogP contribution in [0.4, 0.5) is 5.82 Å². The summed E-state index contributed by atoms with van der Waals surface area (Å²) in [6.07, 6.45) is 1.94. The van der Waals surface area contributed by atoms with Gasteiger partial charge in [-0.05, 0) is 26.3 Å². The number of anilines is 1. The first-order chi connectivity index (χ1) is 9.67. The largest absolute Gasteiger partial charge is 0.370 e. The van der Waals surface area contributed by atoms with Gasteiger partial charge in [0.05, 0.1) is 5.69 Å². The standard InChI is InChI=1S/C16H20BrN3/c1-4-8-14-19-15(11(3)16(20-14)18-5-2)12-9-6-7-10-13(12)17/h6-7,9-10H,4-5,8H2,1-3H3,(H,18,19,20). The van der Waals surface area contributed by atoms with Gasteiger partial charge in [-0.1, -0.05) is 41.1 Å². The monoisotopic (exact) mass is 333 g/mol. The number of benzene rings is 1. The van der Waals surface area contributed by atoms with Gasteiger partial charge in [0.25, 0.3) is 0 Å². The lowest BCUT2D eigenvalue weighted by Crippen LogP contribution is -2.08. The maximum Gasteiger partial charge on any atom is 0.133 e. The second-order valence-electron chi connectivity index (χ2n) is 4.72. The molecule has 0 unspecified atom stereocenters. The lowest BCUT2D eigenvalue weighted by molar-refractivity contribution is 0.833. The van der Waals surface area contributed by atoms with E-state index in [4.69, 9.17) is 4.98 Å². The Bertz CT molecular complexity index is 596. The summed E-state index contributed by atoms with van der Waals surface area (Å²) in [6, 6.07) is 8.19. The van der Waals surface area contributed by atoms with Crippen molar-refractivity contribution < 1.29 is 0 Å². The lowest BCUT2D eigenvalue weighted by Gasteiger charge is -2.14. The molecule has 0 aliphatic heterocycles. The van der Waals surface area contributed by atoms with E-state index in [9.17, 15) is 0 Å². The minimum absolute atomic E-state index is 0.860. The summed E-state index contributed by atoms with van der Waals surface area (Å²) in [7, 11) is 0. The number of nitrogens with zero attached hydrogens (tertiary/aromatic N) is 2. The highest BCUT2D eigenvalue weighted by Crippen LogP contribution is 2.31. The zero-order valence-corrected chi connectivity index (χ0v) is 13.8. The first kappa shape index (κ1) is 15.0. The maximum atomic E-state index is 4.75. The van der Waals surface area contributed by atoms with Gasteiger partial charge < -0.3 is 5.32 Å². The predicted octanol–water partition coefficient (Wildman–Crippen LogP) is 4.60. The number of rotatable bonds is 5. The van der Waals surface area contributed by atoms with Crippen LogP contribution in [0.3, 0.4) is 0 Å². The molecule has 1 heterocycles. The molecule has 0 aliphatic rings. The van der Waals surface area contributed by atoms with Gasteiger partial charge in [0.2, 0.25) is 0 Å². The second kappa shape index (κ2) is 6.84. The Morgan fingerprint density at radius 1 is 1.15 bits per heavy atom. The fourth-order valence-corrected chi connectivity index (χ4v) is 2.63. The Morgan fingerprint density at radius 2 is 1.90 bits per heavy atom. The fraction of sp³-hybridized carbons (Fsp3) is 0.375. The molecule has 106 valence electrons. The van der Waals surface area contributed by atoms with Crippen LogP contribution in [0.2, 0.25) is 0 Å². The van der Waals surface area contributed by atoms with Crippen molar-refractivity contribution in [3.8, 4) is 11.3 Å². The molecule has 2 aromatic rings. The quantitative estimate of drug-likeness (QED) is 0.868. The lowest BCUT2D eigenvalue weighted by atomic mass is 10.1. The van der Waals surface area contributed by atoms with Gasteiger partial charge >= 0.3 is 0 Å². The van der Waals surface area contributed by atoms with Gasteiger partial charge in [-0.3, -0.25) is 0 Å². The molecule has 1 aromatic carbocycles. The summed E-state index contributed by atoms with van der Waals surface area (Å²) in [4.78, 5) is 9.38. The van der Waals surface area contributed by atoms with Crippen LogP contribution in [0.15, 0.2) is 28.7 Å². The molecular formula is C16H20BrN3. The maximum absolute atomic E-state index is 4.75. The summed E-state index contributed by atoms with van der Waals surface area (Å²) in [5.41, 5.74) is 3.22. The van der Waals surface area contributed by atoms with Gasteiger partial charge in [-0.2, -0.15) is 0 Å². The highest BCUT2D eigenvalue weighted by Gasteiger charge is 2.13. The van der Waals surface area contributed by atoms with Crippen LogP contribution in [-0.2, 0) is 6.42 Å². The third kappa shape index (κ3) is 3.18. The highest BCUT2D eigenvalue weighted by molar-refractivity contribution is 9.10. The van der Waals surface area contributed by atoms with E-state index < -0.39 is 0 Å². The number of nitrogens with one attached hydrogen (secondary N) is 1. The van der Waals surface area contributed by atoms with E-state index >= 15 is 0 Å². The van der Waals surface area contributed by atoms with E-state index in [1.54, 1.807) is 0 Å². The number of halogens is 1. The number of aromatic nitrogens is 2. The van der Waals surface area contributed by atoms with E-state index in [1.165, 1.54) is 0 Å². The molecule has 0 radical (unpaired) electrons. The summed E-state index contributed by atoms with van der Waals surface area (Å²) in [5.74, 6) is 1.84. The minimum Gasteiger partial charge on any atom is -0.370 e. The molecule has 0 saturated heterocycles. The smallest absolute Gasteiger partial charge is 0.133 e. The van der Waals surface area contributed by atoms with Gasteiger partial charge in [0.15, 0.2) is 0 Å². The third-order valence-electron chi connectivity index (χ3n) is 3.14. The van der Waals surface area contributed by atoms with Crippen LogP contribution in [0.25, 0.3) is 11.3 Å². The summed E-state index contributed by atoms with van der Waals surface area (Å²) in [6.45, 7) is 7.16. The Balaban J connectivity index is 2.59. The van der Waals surface area contributed by atoms with Gasteiger partial charge in [-0.15, -0.1) is 0 Å². The second-order valence-corrected chi connectivity index (χ2v) is 5.58. The predicted molar refractivity (Wildman–Crippen MR) is 88.1 cm³/mol. The van der Waals surface area contributed by atoms with Crippen molar-refractivity contribution in [2.24, 2.45) is 0 Å². The molecule has 0 saturated carbocycles. The first-order valence-electron chi connectivity index (χ1n) is 7.03. The molecule has 0 aliphatic carbocycles. The van der Waals surface area contributed by atoms with Crippen molar-refractivity contribution in [2.45, 2.75) is 33.6 Å². The fourth-order valence-electron chi connectivity index (χ4n) is 2.15. The average Bonchev–Trinajstić information content (AvgIpc) is 2.44. The van der Waals surface area contributed by atoms with Crippen molar-refractivity contribution in [3.63, 3.8) is 0 Å². The average molecular weight is 334 g/mol. The molecule has 2 rings (SSSR count). The molecule has 1 N–H and O–H groups in total. The Labute approximate surface area is 129 Å². The summed E-state index contributed by atoms with van der Waals surface area (Å²) in [5, 5.41) is 3.34. The molecule has 0 amide bonds. The number of aryl methyl sites for hydroxylation is 1. The number of hydrogen-bond donors (Lipinski definition) is 1. The highest BCUT2D eigenvalue weighted by atomic mass is 79.9. The molecule has 20 heavy (non-hydrogen) atoms. The Kier molecular flexibility index (Phi) is 5.12. The van der Waals surface area contributed by atoms with Crippen molar-refractivity contribution in [3.05, 3.63) is 40.1 Å². The van der Waals surface area contributed by atoms with Crippen LogP contribution < -0.4 is 5.32 Å². The zero-order chi connectivity index (χ0) is 14.5. The van der Waals surface area contributed by atoms with Crippen LogP contribution in [-0.4, -0.2) is 16.5 Å². The number of hydrogen-bond acceptors (Lipinski definition) is 3. The van der Waals surface area contributed by atoms with Crippen molar-refractivity contribution in [2.75, 3.05) is 11.9 Å². The third-order valence-corrected chi connectivity index (χ3v) is 3.83. The van der Waals surface area contributed by atoms with Crippen LogP contribution >= 0.6 is 15.9 Å². The van der Waals surface area contributed by atoms with Crippen LogP contribution in [0.5, 0.6) is 0 Å². The van der Waals surface area contributed by atoms with Gasteiger partial charge in [-0.25, -0.2) is 9.97 Å². The van der Waals surface area contributed by atoms with Crippen molar-refractivity contribution in [1.82, 2.24) is 9.97 Å². The Morgan fingerprint density at radius 3 is 2.55 bits per heavy atom. The molecular weight excluding hydrogens is 314 g/mol. The van der Waals surface area contributed by atoms with E-state index in [2.05, 4.69) is 53.1 Å². The molecule has 0 atom stereocenters. The Hall–Kier alpha value is -1.42. The van der Waals surface area contributed by atoms with E-state index in [1.807, 2.05) is 18.2 Å². The zero-order valence-electron chi connectivity index (χ0n) is 12.2. The van der Waals surface area contributed by atoms with Crippen molar-refractivity contribution >= 4 is 21.7 Å². The first-order valence-corrected chi connectivity index (χ1v) is 7.83. The molecule has 1 aromatic heterocycles. The van der Waals surface area contributed by atoms with E-state index in [-0.39, 0.29) is 0 Å². The van der Waals surface area contributed by atoms with Crippen molar-refractivity contribution in [1.29, 1.82) is 0 Å². The van der Waals surface area contributed by atoms with Crippen LogP contribution in [0, 0.1) is 6.92 Å². The van der Waals surface area contributed by atoms with Gasteiger partial charge in [0, 0.05) is 28.6 Å². The molecule has 0 spiro atoms. The molecule has 0 bridgehead atoms. The topological polar surface area (TPSA) is 37.8 Å². The molecule has 0 fully saturated rings. The molecule has 3 nitrogen and oxygen atoms in total. The molecule has 4 heteroatoms. The van der Waals surface area contributed by atoms with Gasteiger partial charge in [0.1, 0.15) is 11.6 Å². The minimum atomic E-state index is 0.860. The van der Waals surface area contributed by atoms with E-state index in [0.29, 0.717) is 0 Å². The van der Waals surface area contributed by atoms with E-state index in [0.717, 1.165) is 52.3 Å². The summed E-state index contributed by atoms with van der Waals surface area (Å²) < 4.78 is 1.06.